The first-order valence-corrected chi connectivity index (χ1v) is 10.5. The van der Waals surface area contributed by atoms with Gasteiger partial charge in [-0.2, -0.15) is 0 Å². The van der Waals surface area contributed by atoms with E-state index in [0.29, 0.717) is 19.3 Å². The van der Waals surface area contributed by atoms with Crippen molar-refractivity contribution < 1.29 is 30.0 Å². The molecule has 0 aromatic heterocycles. The number of esters is 1. The molecule has 4 aliphatic rings. The van der Waals surface area contributed by atoms with Crippen LogP contribution in [0, 0.1) is 28.6 Å². The molecule has 0 aromatic carbocycles. The van der Waals surface area contributed by atoms with E-state index < -0.39 is 52.2 Å². The lowest BCUT2D eigenvalue weighted by molar-refractivity contribution is -0.181. The van der Waals surface area contributed by atoms with Crippen molar-refractivity contribution in [1.82, 2.24) is 0 Å². The molecule has 4 rings (SSSR count). The van der Waals surface area contributed by atoms with E-state index in [2.05, 4.69) is 6.58 Å². The fraction of sp³-hybridized carbons (Fsp3) is 0.864. The Morgan fingerprint density at radius 1 is 1.11 bits per heavy atom. The SMILES string of the molecule is C=C1C2CCC3C(OC(C)=O)[C@@]2(CC(O)[C@@]2(O)C1CC(O)C2(C)C)C[C@@]3(C)O. The van der Waals surface area contributed by atoms with E-state index in [1.807, 2.05) is 0 Å². The third kappa shape index (κ3) is 2.26. The highest BCUT2D eigenvalue weighted by molar-refractivity contribution is 5.66. The van der Waals surface area contributed by atoms with Crippen LogP contribution < -0.4 is 0 Å². The highest BCUT2D eigenvalue weighted by atomic mass is 16.5. The summed E-state index contributed by atoms with van der Waals surface area (Å²) in [5.74, 6) is -1.11. The second-order valence-electron chi connectivity index (χ2n) is 10.7. The maximum Gasteiger partial charge on any atom is 0.302 e. The number of aliphatic hydroxyl groups excluding tert-OH is 2. The lowest BCUT2D eigenvalue weighted by Crippen LogP contribution is -2.57. The molecule has 0 amide bonds. The standard InChI is InChI=1S/C22H34O6/c1-11-13-6-7-14-18(28-12(2)23)21(13,10-20(14,5)26)9-17(25)22(27)15(11)8-16(24)19(22,3)4/h13-18,24-27H,1,6-10H2,2-5H3/t13?,14?,15?,16?,17?,18?,20-,21+,22+/m1/s1. The topological polar surface area (TPSA) is 107 Å². The molecular formula is C22H34O6. The molecule has 0 heterocycles. The predicted molar refractivity (Wildman–Crippen MR) is 102 cm³/mol. The van der Waals surface area contributed by atoms with Crippen LogP contribution in [0.25, 0.3) is 0 Å². The molecule has 6 unspecified atom stereocenters. The Bertz CT molecular complexity index is 714. The van der Waals surface area contributed by atoms with Crippen LogP contribution in [0.4, 0.5) is 0 Å². The summed E-state index contributed by atoms with van der Waals surface area (Å²) >= 11 is 0. The molecule has 4 N–H and O–H groups in total. The van der Waals surface area contributed by atoms with Crippen LogP contribution in [0.15, 0.2) is 12.2 Å². The normalized spacial score (nSPS) is 54.6. The van der Waals surface area contributed by atoms with Crippen LogP contribution in [0.1, 0.15) is 59.8 Å². The Hall–Kier alpha value is -0.950. The Balaban J connectivity index is 1.86. The average Bonchev–Trinajstić information content (AvgIpc) is 2.79. The fourth-order valence-corrected chi connectivity index (χ4v) is 7.57. The molecular weight excluding hydrogens is 360 g/mol. The van der Waals surface area contributed by atoms with Crippen molar-refractivity contribution in [3.63, 3.8) is 0 Å². The van der Waals surface area contributed by atoms with Gasteiger partial charge in [0.15, 0.2) is 0 Å². The van der Waals surface area contributed by atoms with Crippen LogP contribution in [0.3, 0.4) is 0 Å². The zero-order chi connectivity index (χ0) is 20.9. The summed E-state index contributed by atoms with van der Waals surface area (Å²) in [4.78, 5) is 11.9. The fourth-order valence-electron chi connectivity index (χ4n) is 7.57. The van der Waals surface area contributed by atoms with Crippen molar-refractivity contribution >= 4 is 5.97 Å². The Labute approximate surface area is 166 Å². The van der Waals surface area contributed by atoms with Crippen molar-refractivity contribution in [2.24, 2.45) is 28.6 Å². The first kappa shape index (κ1) is 20.3. The van der Waals surface area contributed by atoms with Crippen LogP contribution in [-0.2, 0) is 9.53 Å². The number of hydrogen-bond donors (Lipinski definition) is 4. The summed E-state index contributed by atoms with van der Waals surface area (Å²) < 4.78 is 5.77. The van der Waals surface area contributed by atoms with Gasteiger partial charge in [-0.15, -0.1) is 0 Å². The zero-order valence-electron chi connectivity index (χ0n) is 17.3. The lowest BCUT2D eigenvalue weighted by atomic mass is 9.61. The van der Waals surface area contributed by atoms with Gasteiger partial charge in [0.25, 0.3) is 0 Å². The number of ether oxygens (including phenoxy) is 1. The van der Waals surface area contributed by atoms with Crippen molar-refractivity contribution in [2.75, 3.05) is 0 Å². The van der Waals surface area contributed by atoms with Gasteiger partial charge in [0.2, 0.25) is 0 Å². The minimum absolute atomic E-state index is 0.0863. The third-order valence-corrected chi connectivity index (χ3v) is 9.00. The van der Waals surface area contributed by atoms with Gasteiger partial charge in [0.05, 0.1) is 17.8 Å². The molecule has 6 nitrogen and oxygen atoms in total. The third-order valence-electron chi connectivity index (χ3n) is 9.00. The lowest BCUT2D eigenvalue weighted by Gasteiger charge is -2.47. The molecule has 1 spiro atoms. The summed E-state index contributed by atoms with van der Waals surface area (Å²) in [5, 5.41) is 44.9. The minimum atomic E-state index is -1.51. The van der Waals surface area contributed by atoms with E-state index in [4.69, 9.17) is 4.74 Å². The van der Waals surface area contributed by atoms with E-state index in [9.17, 15) is 25.2 Å². The number of rotatable bonds is 1. The van der Waals surface area contributed by atoms with Gasteiger partial charge in [-0.25, -0.2) is 0 Å². The molecule has 9 atom stereocenters. The van der Waals surface area contributed by atoms with Gasteiger partial charge in [-0.05, 0) is 44.9 Å². The molecule has 0 aliphatic heterocycles. The molecule has 6 heteroatoms. The summed E-state index contributed by atoms with van der Waals surface area (Å²) in [7, 11) is 0. The molecule has 28 heavy (non-hydrogen) atoms. The Kier molecular flexibility index (Phi) is 4.22. The van der Waals surface area contributed by atoms with Gasteiger partial charge in [-0.1, -0.05) is 26.0 Å². The molecule has 0 radical (unpaired) electrons. The van der Waals surface area contributed by atoms with Gasteiger partial charge in [-0.3, -0.25) is 4.79 Å². The molecule has 0 aromatic rings. The number of hydrogen-bond acceptors (Lipinski definition) is 6. The second-order valence-corrected chi connectivity index (χ2v) is 10.7. The number of carbonyl (C=O) groups is 1. The Morgan fingerprint density at radius 2 is 1.75 bits per heavy atom. The molecule has 0 saturated heterocycles. The van der Waals surface area contributed by atoms with E-state index in [1.54, 1.807) is 20.8 Å². The van der Waals surface area contributed by atoms with E-state index in [-0.39, 0.29) is 18.3 Å². The van der Waals surface area contributed by atoms with Gasteiger partial charge >= 0.3 is 5.97 Å². The molecule has 4 aliphatic carbocycles. The average molecular weight is 395 g/mol. The van der Waals surface area contributed by atoms with Crippen molar-refractivity contribution in [2.45, 2.75) is 89.3 Å². The molecule has 4 fully saturated rings. The zero-order valence-corrected chi connectivity index (χ0v) is 17.3. The van der Waals surface area contributed by atoms with Crippen LogP contribution in [0.5, 0.6) is 0 Å². The maximum absolute atomic E-state index is 11.9. The molecule has 2 bridgehead atoms. The quantitative estimate of drug-likeness (QED) is 0.397. The largest absolute Gasteiger partial charge is 0.462 e. The van der Waals surface area contributed by atoms with Crippen molar-refractivity contribution in [3.05, 3.63) is 12.2 Å². The van der Waals surface area contributed by atoms with E-state index in [1.165, 1.54) is 6.92 Å². The highest BCUT2D eigenvalue weighted by Gasteiger charge is 2.73. The minimum Gasteiger partial charge on any atom is -0.462 e. The van der Waals surface area contributed by atoms with Crippen molar-refractivity contribution in [3.8, 4) is 0 Å². The van der Waals surface area contributed by atoms with Crippen LogP contribution >= 0.6 is 0 Å². The Morgan fingerprint density at radius 3 is 2.36 bits per heavy atom. The highest BCUT2D eigenvalue weighted by Crippen LogP contribution is 2.69. The van der Waals surface area contributed by atoms with Crippen LogP contribution in [-0.4, -0.2) is 55.9 Å². The van der Waals surface area contributed by atoms with E-state index >= 15 is 0 Å². The summed E-state index contributed by atoms with van der Waals surface area (Å²) in [6.07, 6.45) is 0.0633. The summed E-state index contributed by atoms with van der Waals surface area (Å²) in [6.45, 7) is 11.1. The van der Waals surface area contributed by atoms with Gasteiger partial charge < -0.3 is 25.2 Å². The van der Waals surface area contributed by atoms with Gasteiger partial charge in [0.1, 0.15) is 11.7 Å². The smallest absolute Gasteiger partial charge is 0.302 e. The van der Waals surface area contributed by atoms with Crippen LogP contribution in [0.2, 0.25) is 0 Å². The predicted octanol–water partition coefficient (Wildman–Crippen LogP) is 1.54. The second kappa shape index (κ2) is 5.81. The monoisotopic (exact) mass is 394 g/mol. The number of aliphatic hydroxyl groups is 4. The molecule has 4 saturated carbocycles. The van der Waals surface area contributed by atoms with E-state index in [0.717, 1.165) is 12.0 Å². The first-order chi connectivity index (χ1) is 12.8. The maximum atomic E-state index is 11.9. The summed E-state index contributed by atoms with van der Waals surface area (Å²) in [6, 6.07) is 0. The van der Waals surface area contributed by atoms with Gasteiger partial charge in [0, 0.05) is 29.6 Å². The first-order valence-electron chi connectivity index (χ1n) is 10.5. The number of carbonyl (C=O) groups excluding carboxylic acids is 1. The molecule has 158 valence electrons. The summed E-state index contributed by atoms with van der Waals surface area (Å²) in [5.41, 5.74) is -3.26. The van der Waals surface area contributed by atoms with Crippen molar-refractivity contribution in [1.29, 1.82) is 0 Å². The number of fused-ring (bicyclic) bond motifs is 2.